The molecule has 0 aliphatic heterocycles. The summed E-state index contributed by atoms with van der Waals surface area (Å²) in [5.74, 6) is -0.0218. The Hall–Kier alpha value is -1.94. The monoisotopic (exact) mass is 300 g/mol. The summed E-state index contributed by atoms with van der Waals surface area (Å²) in [4.78, 5) is 13.4. The lowest BCUT2D eigenvalue weighted by molar-refractivity contribution is -0.115. The zero-order chi connectivity index (χ0) is 15.4. The Balaban J connectivity index is 2.04. The quantitative estimate of drug-likeness (QED) is 0.662. The molecule has 0 heterocycles. The molecule has 0 bridgehead atoms. The summed E-state index contributed by atoms with van der Waals surface area (Å²) in [6.45, 7) is 6.03. The summed E-state index contributed by atoms with van der Waals surface area (Å²) in [5, 5.41) is 2.72. The first-order valence-corrected chi connectivity index (χ1v) is 7.74. The van der Waals surface area contributed by atoms with E-state index in [-0.39, 0.29) is 11.2 Å². The molecule has 3 N–H and O–H groups in total. The van der Waals surface area contributed by atoms with Gasteiger partial charge in [0.05, 0.1) is 5.25 Å². The van der Waals surface area contributed by atoms with Crippen LogP contribution in [0.2, 0.25) is 0 Å². The Morgan fingerprint density at radius 1 is 1.19 bits per heavy atom. The Labute approximate surface area is 129 Å². The van der Waals surface area contributed by atoms with Crippen molar-refractivity contribution in [2.45, 2.75) is 30.9 Å². The number of nitrogens with one attached hydrogen (secondary N) is 1. The van der Waals surface area contributed by atoms with Gasteiger partial charge in [-0.15, -0.1) is 11.8 Å². The van der Waals surface area contributed by atoms with Crippen molar-refractivity contribution in [1.82, 2.24) is 0 Å². The second kappa shape index (κ2) is 6.68. The van der Waals surface area contributed by atoms with Gasteiger partial charge in [0.1, 0.15) is 0 Å². The minimum Gasteiger partial charge on any atom is -0.399 e. The first kappa shape index (κ1) is 15.4. The van der Waals surface area contributed by atoms with Gasteiger partial charge in [0, 0.05) is 16.3 Å². The van der Waals surface area contributed by atoms with E-state index in [0.29, 0.717) is 5.69 Å². The third-order valence-corrected chi connectivity index (χ3v) is 4.43. The Kier molecular flexibility index (Phi) is 4.91. The maximum Gasteiger partial charge on any atom is 0.237 e. The van der Waals surface area contributed by atoms with Crippen molar-refractivity contribution in [3.8, 4) is 0 Å². The van der Waals surface area contributed by atoms with Crippen LogP contribution in [0.3, 0.4) is 0 Å². The van der Waals surface area contributed by atoms with Gasteiger partial charge in [0.2, 0.25) is 5.91 Å². The van der Waals surface area contributed by atoms with Crippen molar-refractivity contribution in [3.05, 3.63) is 53.6 Å². The highest BCUT2D eigenvalue weighted by Crippen LogP contribution is 2.28. The largest absolute Gasteiger partial charge is 0.399 e. The molecule has 0 aliphatic rings. The molecule has 110 valence electrons. The number of thioether (sulfide) groups is 1. The number of nitrogens with two attached hydrogens (primary N) is 1. The predicted molar refractivity (Wildman–Crippen MR) is 90.7 cm³/mol. The summed E-state index contributed by atoms with van der Waals surface area (Å²) in [6, 6.07) is 13.5. The van der Waals surface area contributed by atoms with E-state index in [9.17, 15) is 4.79 Å². The van der Waals surface area contributed by atoms with E-state index < -0.39 is 0 Å². The van der Waals surface area contributed by atoms with Crippen molar-refractivity contribution in [1.29, 1.82) is 0 Å². The highest BCUT2D eigenvalue weighted by molar-refractivity contribution is 8.00. The fourth-order valence-electron chi connectivity index (χ4n) is 1.94. The number of anilines is 2. The first-order chi connectivity index (χ1) is 9.95. The average Bonchev–Trinajstić information content (AvgIpc) is 2.43. The summed E-state index contributed by atoms with van der Waals surface area (Å²) < 4.78 is 0. The SMILES string of the molecule is Cc1ccc(C)c(SC(C)C(=O)Nc2cccc(N)c2)c1. The number of aryl methyl sites for hydroxylation is 2. The van der Waals surface area contributed by atoms with Crippen molar-refractivity contribution in [3.63, 3.8) is 0 Å². The van der Waals surface area contributed by atoms with E-state index in [2.05, 4.69) is 37.4 Å². The molecule has 1 unspecified atom stereocenters. The van der Waals surface area contributed by atoms with Crippen LogP contribution in [0.5, 0.6) is 0 Å². The smallest absolute Gasteiger partial charge is 0.237 e. The third kappa shape index (κ3) is 4.26. The van der Waals surface area contributed by atoms with Crippen LogP contribution in [0.25, 0.3) is 0 Å². The highest BCUT2D eigenvalue weighted by atomic mass is 32.2. The second-order valence-corrected chi connectivity index (χ2v) is 6.53. The molecule has 2 rings (SSSR count). The number of carbonyl (C=O) groups excluding carboxylic acids is 1. The van der Waals surface area contributed by atoms with Crippen LogP contribution in [0.15, 0.2) is 47.4 Å². The molecule has 1 amide bonds. The highest BCUT2D eigenvalue weighted by Gasteiger charge is 2.15. The van der Waals surface area contributed by atoms with E-state index in [1.165, 1.54) is 11.1 Å². The fraction of sp³-hybridized carbons (Fsp3) is 0.235. The maximum absolute atomic E-state index is 12.3. The number of hydrogen-bond donors (Lipinski definition) is 2. The van der Waals surface area contributed by atoms with Gasteiger partial charge in [-0.1, -0.05) is 23.8 Å². The molecule has 0 radical (unpaired) electrons. The molecule has 3 nitrogen and oxygen atoms in total. The van der Waals surface area contributed by atoms with Gasteiger partial charge < -0.3 is 11.1 Å². The van der Waals surface area contributed by atoms with Crippen molar-refractivity contribution in [2.75, 3.05) is 11.1 Å². The lowest BCUT2D eigenvalue weighted by Gasteiger charge is -2.14. The van der Waals surface area contributed by atoms with Crippen LogP contribution in [-0.4, -0.2) is 11.2 Å². The summed E-state index contributed by atoms with van der Waals surface area (Å²) in [6.07, 6.45) is 0. The van der Waals surface area contributed by atoms with Crippen molar-refractivity contribution < 1.29 is 4.79 Å². The first-order valence-electron chi connectivity index (χ1n) is 6.86. The number of benzene rings is 2. The molecule has 0 spiro atoms. The summed E-state index contributed by atoms with van der Waals surface area (Å²) in [5.41, 5.74) is 9.47. The fourth-order valence-corrected chi connectivity index (χ4v) is 2.99. The van der Waals surface area contributed by atoms with Crippen LogP contribution in [0.4, 0.5) is 11.4 Å². The number of carbonyl (C=O) groups is 1. The third-order valence-electron chi connectivity index (χ3n) is 3.17. The van der Waals surface area contributed by atoms with Gasteiger partial charge in [-0.05, 0) is 50.6 Å². The zero-order valence-corrected chi connectivity index (χ0v) is 13.3. The normalized spacial score (nSPS) is 12.0. The molecule has 0 aromatic heterocycles. The minimum absolute atomic E-state index is 0.0218. The number of nitrogen functional groups attached to an aromatic ring is 1. The van der Waals surface area contributed by atoms with Crippen LogP contribution >= 0.6 is 11.8 Å². The van der Waals surface area contributed by atoms with Crippen molar-refractivity contribution >= 4 is 29.0 Å². The topological polar surface area (TPSA) is 55.1 Å². The Morgan fingerprint density at radius 3 is 2.67 bits per heavy atom. The predicted octanol–water partition coefficient (Wildman–Crippen LogP) is 4.00. The van der Waals surface area contributed by atoms with Crippen LogP contribution in [-0.2, 0) is 4.79 Å². The summed E-state index contributed by atoms with van der Waals surface area (Å²) >= 11 is 1.57. The standard InChI is InChI=1S/C17H20N2OS/c1-11-7-8-12(2)16(9-11)21-13(3)17(20)19-15-6-4-5-14(18)10-15/h4-10,13H,18H2,1-3H3,(H,19,20). The minimum atomic E-state index is -0.174. The van der Waals surface area contributed by atoms with Gasteiger partial charge in [-0.2, -0.15) is 0 Å². The van der Waals surface area contributed by atoms with Gasteiger partial charge in [0.25, 0.3) is 0 Å². The summed E-state index contributed by atoms with van der Waals surface area (Å²) in [7, 11) is 0. The number of amides is 1. The zero-order valence-electron chi connectivity index (χ0n) is 12.5. The molecule has 0 saturated heterocycles. The van der Waals surface area contributed by atoms with E-state index in [1.807, 2.05) is 19.1 Å². The Morgan fingerprint density at radius 2 is 1.95 bits per heavy atom. The molecule has 2 aromatic carbocycles. The number of hydrogen-bond acceptors (Lipinski definition) is 3. The van der Waals surface area contributed by atoms with Gasteiger partial charge in [-0.3, -0.25) is 4.79 Å². The van der Waals surface area contributed by atoms with Crippen LogP contribution in [0, 0.1) is 13.8 Å². The van der Waals surface area contributed by atoms with Crippen molar-refractivity contribution in [2.24, 2.45) is 0 Å². The molecule has 2 aromatic rings. The van der Waals surface area contributed by atoms with E-state index in [1.54, 1.807) is 23.9 Å². The molecular formula is C17H20N2OS. The molecule has 0 fully saturated rings. The molecule has 4 heteroatoms. The lowest BCUT2D eigenvalue weighted by atomic mass is 10.2. The van der Waals surface area contributed by atoms with Gasteiger partial charge in [0.15, 0.2) is 0 Å². The van der Waals surface area contributed by atoms with Crippen LogP contribution in [0.1, 0.15) is 18.1 Å². The lowest BCUT2D eigenvalue weighted by Crippen LogP contribution is -2.22. The van der Waals surface area contributed by atoms with E-state index in [4.69, 9.17) is 5.73 Å². The molecule has 0 saturated carbocycles. The number of rotatable bonds is 4. The molecule has 21 heavy (non-hydrogen) atoms. The van der Waals surface area contributed by atoms with E-state index in [0.717, 1.165) is 10.6 Å². The maximum atomic E-state index is 12.3. The molecular weight excluding hydrogens is 280 g/mol. The van der Waals surface area contributed by atoms with E-state index >= 15 is 0 Å². The molecule has 0 aliphatic carbocycles. The van der Waals surface area contributed by atoms with Crippen LogP contribution < -0.4 is 11.1 Å². The Bertz CT molecular complexity index is 655. The molecule has 1 atom stereocenters. The second-order valence-electron chi connectivity index (χ2n) is 5.14. The van der Waals surface area contributed by atoms with Gasteiger partial charge in [-0.25, -0.2) is 0 Å². The van der Waals surface area contributed by atoms with Gasteiger partial charge >= 0.3 is 0 Å². The average molecular weight is 300 g/mol.